The van der Waals surface area contributed by atoms with Crippen molar-refractivity contribution in [2.24, 2.45) is 0 Å². The molecule has 1 aromatic rings. The Labute approximate surface area is 110 Å². The topological polar surface area (TPSA) is 57.5 Å². The van der Waals surface area contributed by atoms with E-state index in [1.54, 1.807) is 0 Å². The highest BCUT2D eigenvalue weighted by molar-refractivity contribution is 14.2. The Kier molecular flexibility index (Phi) is 4.40. The Morgan fingerprint density at radius 2 is 1.71 bits per heavy atom. The van der Waals surface area contributed by atoms with Gasteiger partial charge in [0.25, 0.3) is 0 Å². The van der Waals surface area contributed by atoms with Crippen molar-refractivity contribution in [2.75, 3.05) is 6.16 Å². The zero-order valence-electron chi connectivity index (χ0n) is 7.10. The van der Waals surface area contributed by atoms with Gasteiger partial charge in [0, 0.05) is 0 Å². The lowest BCUT2D eigenvalue weighted by atomic mass is 10.2. The fraction of sp³-hybridized carbons (Fsp3) is 0.250. The molecule has 3 nitrogen and oxygen atoms in total. The maximum atomic E-state index is 10.9. The van der Waals surface area contributed by atoms with Crippen LogP contribution in [0.4, 0.5) is 0 Å². The standard InChI is InChI=1S/C8H9I2O3P/c9-8(10,6-14(11,12)13)7-4-2-1-3-5-7/h1-5H,6H2,(H2,11,12,13). The SMILES string of the molecule is O=P(O)(O)CC(I)(I)c1ccccc1. The van der Waals surface area contributed by atoms with E-state index < -0.39 is 9.02 Å². The first kappa shape index (κ1) is 12.9. The van der Waals surface area contributed by atoms with Crippen molar-refractivity contribution in [1.82, 2.24) is 0 Å². The third kappa shape index (κ3) is 4.14. The molecule has 2 N–H and O–H groups in total. The fourth-order valence-electron chi connectivity index (χ4n) is 1.03. The number of halogens is 2. The van der Waals surface area contributed by atoms with E-state index in [0.29, 0.717) is 0 Å². The maximum Gasteiger partial charge on any atom is 0.328 e. The van der Waals surface area contributed by atoms with Gasteiger partial charge in [-0.25, -0.2) is 0 Å². The molecular weight excluding hydrogens is 429 g/mol. The van der Waals surface area contributed by atoms with E-state index >= 15 is 0 Å². The van der Waals surface area contributed by atoms with Crippen molar-refractivity contribution in [3.05, 3.63) is 35.9 Å². The third-order valence-corrected chi connectivity index (χ3v) is 5.70. The lowest BCUT2D eigenvalue weighted by molar-refractivity contribution is 0.372. The molecule has 0 amide bonds. The predicted molar refractivity (Wildman–Crippen MR) is 73.1 cm³/mol. The number of benzene rings is 1. The molecule has 1 rings (SSSR count). The van der Waals surface area contributed by atoms with Crippen molar-refractivity contribution in [3.63, 3.8) is 0 Å². The fourth-order valence-corrected chi connectivity index (χ4v) is 5.12. The second-order valence-corrected chi connectivity index (χ2v) is 10.3. The molecule has 0 bridgehead atoms. The first-order valence-electron chi connectivity index (χ1n) is 3.79. The summed E-state index contributed by atoms with van der Waals surface area (Å²) in [6, 6.07) is 9.34. The van der Waals surface area contributed by atoms with Gasteiger partial charge in [0.2, 0.25) is 0 Å². The zero-order chi connectivity index (χ0) is 10.8. The third-order valence-electron chi connectivity index (χ3n) is 1.60. The van der Waals surface area contributed by atoms with E-state index in [2.05, 4.69) is 45.2 Å². The molecule has 0 radical (unpaired) electrons. The summed E-state index contributed by atoms with van der Waals surface area (Å²) >= 11 is 4.12. The molecule has 0 aliphatic heterocycles. The van der Waals surface area contributed by atoms with E-state index in [0.717, 1.165) is 5.56 Å². The predicted octanol–water partition coefficient (Wildman–Crippen LogP) is 2.89. The van der Waals surface area contributed by atoms with Crippen LogP contribution in [-0.4, -0.2) is 15.9 Å². The molecule has 0 aromatic heterocycles. The van der Waals surface area contributed by atoms with Crippen molar-refractivity contribution in [1.29, 1.82) is 0 Å². The molecule has 0 aliphatic carbocycles. The molecule has 0 atom stereocenters. The Hall–Kier alpha value is 0.830. The second kappa shape index (κ2) is 4.78. The second-order valence-electron chi connectivity index (χ2n) is 2.89. The Morgan fingerprint density at radius 3 is 2.14 bits per heavy atom. The monoisotopic (exact) mass is 438 g/mol. The molecule has 0 spiro atoms. The van der Waals surface area contributed by atoms with Crippen LogP contribution in [0.2, 0.25) is 0 Å². The molecule has 0 fully saturated rings. The Bertz CT molecular complexity index is 347. The number of hydrogen-bond acceptors (Lipinski definition) is 1. The van der Waals surface area contributed by atoms with Gasteiger partial charge in [-0.05, 0) is 5.56 Å². The highest BCUT2D eigenvalue weighted by Crippen LogP contribution is 2.50. The van der Waals surface area contributed by atoms with Crippen LogP contribution in [0.1, 0.15) is 5.56 Å². The van der Waals surface area contributed by atoms with Crippen LogP contribution in [-0.2, 0) is 5.99 Å². The van der Waals surface area contributed by atoms with Crippen LogP contribution >= 0.6 is 52.8 Å². The smallest absolute Gasteiger partial charge is 0.324 e. The molecule has 0 saturated heterocycles. The molecular formula is C8H9I2O3P. The largest absolute Gasteiger partial charge is 0.328 e. The summed E-state index contributed by atoms with van der Waals surface area (Å²) in [5, 5.41) is 0. The summed E-state index contributed by atoms with van der Waals surface area (Å²) in [6.45, 7) is 0. The van der Waals surface area contributed by atoms with E-state index in [-0.39, 0.29) is 6.16 Å². The van der Waals surface area contributed by atoms with Crippen LogP contribution in [0.15, 0.2) is 30.3 Å². The van der Waals surface area contributed by atoms with Gasteiger partial charge < -0.3 is 9.79 Å². The molecule has 78 valence electrons. The molecule has 0 aliphatic rings. The van der Waals surface area contributed by atoms with E-state index in [4.69, 9.17) is 9.79 Å². The van der Waals surface area contributed by atoms with Gasteiger partial charge in [-0.2, -0.15) is 0 Å². The van der Waals surface area contributed by atoms with E-state index in [9.17, 15) is 4.57 Å². The summed E-state index contributed by atoms with van der Waals surface area (Å²) < 4.78 is 10.4. The zero-order valence-corrected chi connectivity index (χ0v) is 12.3. The lowest BCUT2D eigenvalue weighted by Crippen LogP contribution is -2.14. The quantitative estimate of drug-likeness (QED) is 0.434. The first-order chi connectivity index (χ1) is 6.31. The van der Waals surface area contributed by atoms with E-state index in [1.165, 1.54) is 0 Å². The summed E-state index contributed by atoms with van der Waals surface area (Å²) in [6.07, 6.45) is -0.148. The molecule has 1 aromatic carbocycles. The summed E-state index contributed by atoms with van der Waals surface area (Å²) in [5.41, 5.74) is 0.921. The van der Waals surface area contributed by atoms with Crippen LogP contribution < -0.4 is 0 Å². The summed E-state index contributed by atoms with van der Waals surface area (Å²) in [4.78, 5) is 17.8. The average Bonchev–Trinajstić information content (AvgIpc) is 2.01. The highest BCUT2D eigenvalue weighted by Gasteiger charge is 2.33. The average molecular weight is 438 g/mol. The molecule has 6 heteroatoms. The number of hydrogen-bond donors (Lipinski definition) is 2. The minimum atomic E-state index is -3.97. The Balaban J connectivity index is 2.92. The van der Waals surface area contributed by atoms with Gasteiger partial charge in [0.05, 0.1) is 6.16 Å². The van der Waals surface area contributed by atoms with E-state index in [1.807, 2.05) is 30.3 Å². The first-order valence-corrected chi connectivity index (χ1v) is 7.75. The van der Waals surface area contributed by atoms with Gasteiger partial charge >= 0.3 is 7.60 Å². The molecule has 0 saturated carbocycles. The number of rotatable bonds is 3. The Morgan fingerprint density at radius 1 is 1.21 bits per heavy atom. The summed E-state index contributed by atoms with van der Waals surface area (Å²) in [7, 11) is -3.97. The lowest BCUT2D eigenvalue weighted by Gasteiger charge is -2.21. The van der Waals surface area contributed by atoms with Crippen LogP contribution in [0.3, 0.4) is 0 Å². The van der Waals surface area contributed by atoms with Crippen molar-refractivity contribution in [2.45, 2.75) is 1.43 Å². The van der Waals surface area contributed by atoms with Gasteiger partial charge in [-0.3, -0.25) is 4.57 Å². The minimum Gasteiger partial charge on any atom is -0.324 e. The highest BCUT2D eigenvalue weighted by atomic mass is 127. The molecule has 0 heterocycles. The van der Waals surface area contributed by atoms with Gasteiger partial charge in [0.15, 0.2) is 0 Å². The van der Waals surface area contributed by atoms with Crippen molar-refractivity contribution in [3.8, 4) is 0 Å². The van der Waals surface area contributed by atoms with Crippen molar-refractivity contribution < 1.29 is 14.4 Å². The number of alkyl halides is 2. The minimum absolute atomic E-state index is 0.148. The molecule has 14 heavy (non-hydrogen) atoms. The molecule has 0 unspecified atom stereocenters. The van der Waals surface area contributed by atoms with Gasteiger partial charge in [-0.15, -0.1) is 0 Å². The normalized spacial score (nSPS) is 12.9. The van der Waals surface area contributed by atoms with Gasteiger partial charge in [0.1, 0.15) is 1.43 Å². The van der Waals surface area contributed by atoms with Crippen LogP contribution in [0.5, 0.6) is 0 Å². The van der Waals surface area contributed by atoms with Crippen molar-refractivity contribution >= 4 is 52.8 Å². The van der Waals surface area contributed by atoms with Crippen LogP contribution in [0, 0.1) is 0 Å². The van der Waals surface area contributed by atoms with Gasteiger partial charge in [-0.1, -0.05) is 75.5 Å². The van der Waals surface area contributed by atoms with Crippen LogP contribution in [0.25, 0.3) is 0 Å². The summed E-state index contributed by atoms with van der Waals surface area (Å²) in [5.74, 6) is 0. The maximum absolute atomic E-state index is 10.9.